The summed E-state index contributed by atoms with van der Waals surface area (Å²) in [7, 11) is 0. The Labute approximate surface area is 182 Å². The van der Waals surface area contributed by atoms with Crippen molar-refractivity contribution in [1.29, 1.82) is 0 Å². The molecule has 164 valence electrons. The maximum absolute atomic E-state index is 13.1. The van der Waals surface area contributed by atoms with Crippen LogP contribution in [0.15, 0.2) is 34.2 Å². The largest absolute Gasteiger partial charge is 0.376 e. The van der Waals surface area contributed by atoms with Crippen molar-refractivity contribution >= 4 is 28.6 Å². The normalized spacial score (nSPS) is 17.5. The first-order valence-electron chi connectivity index (χ1n) is 11.0. The van der Waals surface area contributed by atoms with E-state index in [0.717, 1.165) is 32.3 Å². The summed E-state index contributed by atoms with van der Waals surface area (Å²) >= 11 is 1.32. The zero-order valence-corrected chi connectivity index (χ0v) is 19.0. The number of carbonyl (C=O) groups excluding carboxylic acids is 1. The molecule has 1 fully saturated rings. The van der Waals surface area contributed by atoms with Crippen LogP contribution in [0.2, 0.25) is 0 Å². The Bertz CT molecular complexity index is 906. The van der Waals surface area contributed by atoms with Crippen LogP contribution in [-0.2, 0) is 16.1 Å². The third kappa shape index (κ3) is 6.32. The molecule has 0 spiro atoms. The van der Waals surface area contributed by atoms with Gasteiger partial charge in [-0.1, -0.05) is 50.6 Å². The summed E-state index contributed by atoms with van der Waals surface area (Å²) in [5, 5.41) is 4.25. The van der Waals surface area contributed by atoms with Gasteiger partial charge in [-0.05, 0) is 44.2 Å². The highest BCUT2D eigenvalue weighted by molar-refractivity contribution is 7.99. The van der Waals surface area contributed by atoms with Crippen LogP contribution < -0.4 is 10.9 Å². The molecule has 1 amide bonds. The van der Waals surface area contributed by atoms with E-state index in [1.165, 1.54) is 18.2 Å². The minimum absolute atomic E-state index is 0.0249. The highest BCUT2D eigenvalue weighted by atomic mass is 32.2. The number of benzene rings is 1. The molecule has 0 aliphatic carbocycles. The number of amides is 1. The van der Waals surface area contributed by atoms with Gasteiger partial charge in [0, 0.05) is 12.6 Å². The number of aromatic nitrogens is 2. The van der Waals surface area contributed by atoms with Crippen LogP contribution in [0, 0.1) is 5.92 Å². The molecule has 0 unspecified atom stereocenters. The van der Waals surface area contributed by atoms with Crippen molar-refractivity contribution in [3.63, 3.8) is 0 Å². The van der Waals surface area contributed by atoms with Crippen molar-refractivity contribution in [1.82, 2.24) is 14.9 Å². The number of rotatable bonds is 10. The van der Waals surface area contributed by atoms with Crippen molar-refractivity contribution in [3.8, 4) is 0 Å². The van der Waals surface area contributed by atoms with Crippen molar-refractivity contribution in [3.05, 3.63) is 34.6 Å². The first-order valence-corrected chi connectivity index (χ1v) is 12.0. The maximum atomic E-state index is 13.1. The molecule has 3 rings (SSSR count). The van der Waals surface area contributed by atoms with Crippen molar-refractivity contribution < 1.29 is 9.53 Å². The van der Waals surface area contributed by atoms with Gasteiger partial charge in [0.25, 0.3) is 5.56 Å². The third-order valence-corrected chi connectivity index (χ3v) is 6.37. The van der Waals surface area contributed by atoms with Crippen LogP contribution in [0.1, 0.15) is 52.9 Å². The van der Waals surface area contributed by atoms with Gasteiger partial charge in [0.1, 0.15) is 0 Å². The Hall–Kier alpha value is -1.86. The molecule has 1 aliphatic rings. The lowest BCUT2D eigenvalue weighted by Gasteiger charge is -2.17. The summed E-state index contributed by atoms with van der Waals surface area (Å²) in [6.45, 7) is 7.69. The van der Waals surface area contributed by atoms with E-state index in [4.69, 9.17) is 4.74 Å². The van der Waals surface area contributed by atoms with E-state index in [2.05, 4.69) is 24.1 Å². The van der Waals surface area contributed by atoms with Gasteiger partial charge in [-0.25, -0.2) is 4.98 Å². The number of ether oxygens (including phenoxy) is 1. The van der Waals surface area contributed by atoms with Crippen LogP contribution in [0.3, 0.4) is 0 Å². The number of carbonyl (C=O) groups is 1. The molecule has 1 saturated heterocycles. The molecule has 6 nitrogen and oxygen atoms in total. The second-order valence-electron chi connectivity index (χ2n) is 8.54. The van der Waals surface area contributed by atoms with Gasteiger partial charge in [0.2, 0.25) is 5.91 Å². The zero-order chi connectivity index (χ0) is 21.5. The Kier molecular flexibility index (Phi) is 8.33. The molecule has 0 bridgehead atoms. The molecule has 1 aliphatic heterocycles. The van der Waals surface area contributed by atoms with Gasteiger partial charge >= 0.3 is 0 Å². The summed E-state index contributed by atoms with van der Waals surface area (Å²) in [6, 6.07) is 7.52. The fourth-order valence-electron chi connectivity index (χ4n) is 3.76. The highest BCUT2D eigenvalue weighted by Crippen LogP contribution is 2.21. The van der Waals surface area contributed by atoms with E-state index in [9.17, 15) is 9.59 Å². The zero-order valence-electron chi connectivity index (χ0n) is 18.2. The maximum Gasteiger partial charge on any atom is 0.262 e. The summed E-state index contributed by atoms with van der Waals surface area (Å²) < 4.78 is 7.42. The van der Waals surface area contributed by atoms with E-state index in [-0.39, 0.29) is 29.4 Å². The quantitative estimate of drug-likeness (QED) is 0.455. The molecule has 2 aromatic rings. The third-order valence-electron chi connectivity index (χ3n) is 5.40. The van der Waals surface area contributed by atoms with Crippen LogP contribution in [0.4, 0.5) is 0 Å². The highest BCUT2D eigenvalue weighted by Gasteiger charge is 2.21. The van der Waals surface area contributed by atoms with Gasteiger partial charge in [-0.3, -0.25) is 14.2 Å². The predicted octanol–water partition coefficient (Wildman–Crippen LogP) is 4.00. The van der Waals surface area contributed by atoms with E-state index >= 15 is 0 Å². The SMILES string of the molecule is CC(C)CCC[C@H](C)NC(=O)CSc1nc2ccccc2c(=O)n1C[C@H]1CCCO1. The van der Waals surface area contributed by atoms with Gasteiger partial charge in [0.05, 0.1) is 29.3 Å². The van der Waals surface area contributed by atoms with Crippen molar-refractivity contribution in [2.45, 2.75) is 76.7 Å². The number of fused-ring (bicyclic) bond motifs is 1. The lowest BCUT2D eigenvalue weighted by molar-refractivity contribution is -0.119. The number of hydrogen-bond acceptors (Lipinski definition) is 5. The van der Waals surface area contributed by atoms with Crippen LogP contribution in [-0.4, -0.2) is 40.0 Å². The second kappa shape index (κ2) is 11.0. The number of thioether (sulfide) groups is 1. The Morgan fingerprint density at radius 1 is 1.30 bits per heavy atom. The molecule has 0 saturated carbocycles. The molecule has 2 atom stereocenters. The molecular weight excluding hydrogens is 398 g/mol. The van der Waals surface area contributed by atoms with Crippen molar-refractivity contribution in [2.75, 3.05) is 12.4 Å². The standard InChI is InChI=1S/C23H33N3O3S/c1-16(2)8-6-9-17(3)24-21(27)15-30-23-25-20-12-5-4-11-19(20)22(28)26(23)14-18-10-7-13-29-18/h4-5,11-12,16-18H,6-10,13-15H2,1-3H3,(H,24,27)/t17-,18+/m0/s1. The fraction of sp³-hybridized carbons (Fsp3) is 0.609. The lowest BCUT2D eigenvalue weighted by Crippen LogP contribution is -2.34. The lowest BCUT2D eigenvalue weighted by atomic mass is 10.0. The Morgan fingerprint density at radius 3 is 2.83 bits per heavy atom. The summed E-state index contributed by atoms with van der Waals surface area (Å²) in [5.41, 5.74) is 0.595. The summed E-state index contributed by atoms with van der Waals surface area (Å²) in [6.07, 6.45) is 5.25. The molecule has 2 heterocycles. The Morgan fingerprint density at radius 2 is 2.10 bits per heavy atom. The van der Waals surface area contributed by atoms with E-state index < -0.39 is 0 Å². The monoisotopic (exact) mass is 431 g/mol. The molecule has 7 heteroatoms. The number of para-hydroxylation sites is 1. The van der Waals surface area contributed by atoms with Crippen LogP contribution in [0.25, 0.3) is 10.9 Å². The summed E-state index contributed by atoms with van der Waals surface area (Å²) in [4.78, 5) is 30.2. The Balaban J connectivity index is 1.68. The molecule has 30 heavy (non-hydrogen) atoms. The number of nitrogens with one attached hydrogen (secondary N) is 1. The van der Waals surface area contributed by atoms with E-state index in [0.29, 0.717) is 28.5 Å². The van der Waals surface area contributed by atoms with Crippen LogP contribution >= 0.6 is 11.8 Å². The summed E-state index contributed by atoms with van der Waals surface area (Å²) in [5.74, 6) is 0.899. The molecule has 1 N–H and O–H groups in total. The van der Waals surface area contributed by atoms with Gasteiger partial charge in [-0.15, -0.1) is 0 Å². The van der Waals surface area contributed by atoms with Gasteiger partial charge in [-0.2, -0.15) is 0 Å². The minimum atomic E-state index is -0.0685. The first-order chi connectivity index (χ1) is 14.4. The smallest absolute Gasteiger partial charge is 0.262 e. The topological polar surface area (TPSA) is 73.2 Å². The first kappa shape index (κ1) is 22.8. The molecule has 1 aromatic heterocycles. The average molecular weight is 432 g/mol. The predicted molar refractivity (Wildman–Crippen MR) is 122 cm³/mol. The van der Waals surface area contributed by atoms with Gasteiger partial charge in [0.15, 0.2) is 5.16 Å². The molecule has 1 aromatic carbocycles. The van der Waals surface area contributed by atoms with Crippen molar-refractivity contribution in [2.24, 2.45) is 5.92 Å². The van der Waals surface area contributed by atoms with E-state index in [1.54, 1.807) is 10.6 Å². The average Bonchev–Trinajstić information content (AvgIpc) is 3.22. The number of nitrogens with zero attached hydrogens (tertiary/aromatic N) is 2. The number of hydrogen-bond donors (Lipinski definition) is 1. The van der Waals surface area contributed by atoms with E-state index in [1.807, 2.05) is 25.1 Å². The minimum Gasteiger partial charge on any atom is -0.376 e. The van der Waals surface area contributed by atoms with Gasteiger partial charge < -0.3 is 10.1 Å². The second-order valence-corrected chi connectivity index (χ2v) is 9.49. The molecular formula is C23H33N3O3S. The fourth-order valence-corrected chi connectivity index (χ4v) is 4.58. The molecule has 0 radical (unpaired) electrons. The van der Waals surface area contributed by atoms with Crippen LogP contribution in [0.5, 0.6) is 0 Å².